The highest BCUT2D eigenvalue weighted by molar-refractivity contribution is 5.87. The van der Waals surface area contributed by atoms with Gasteiger partial charge in [-0.2, -0.15) is 0 Å². The molecule has 0 aliphatic rings. The van der Waals surface area contributed by atoms with Crippen molar-refractivity contribution in [2.24, 2.45) is 11.5 Å². The lowest BCUT2D eigenvalue weighted by Crippen LogP contribution is -2.41. The number of carbonyl (C=O) groups excluding carboxylic acids is 2. The minimum Gasteiger partial charge on any atom is -0.319 e. The van der Waals surface area contributed by atoms with E-state index in [-0.39, 0.29) is 11.6 Å². The lowest BCUT2D eigenvalue weighted by molar-refractivity contribution is -0.123. The fourth-order valence-electron chi connectivity index (χ4n) is 2.10. The molecular weight excluding hydrogens is 276 g/mol. The van der Waals surface area contributed by atoms with Gasteiger partial charge in [-0.1, -0.05) is 24.3 Å². The Labute approximate surface area is 133 Å². The summed E-state index contributed by atoms with van der Waals surface area (Å²) < 4.78 is 0. The molecule has 0 aliphatic carbocycles. The monoisotopic (exact) mass is 304 g/mol. The standard InChI is InChI=1S/C18H28N2O2/c1-17(2,19)15(21)10-8-13-6-5-7-14(12-13)9-11-16(22)18(3,4)20/h5-7,12H,8-11,19-20H2,1-4H3. The first kappa shape index (κ1) is 18.5. The van der Waals surface area contributed by atoms with Crippen LogP contribution in [0.1, 0.15) is 51.7 Å². The van der Waals surface area contributed by atoms with Crippen molar-refractivity contribution in [3.8, 4) is 0 Å². The summed E-state index contributed by atoms with van der Waals surface area (Å²) >= 11 is 0. The van der Waals surface area contributed by atoms with Crippen LogP contribution in [0.4, 0.5) is 0 Å². The Balaban J connectivity index is 2.60. The second-order valence-corrected chi connectivity index (χ2v) is 7.11. The lowest BCUT2D eigenvalue weighted by Gasteiger charge is -2.17. The van der Waals surface area contributed by atoms with Crippen molar-refractivity contribution in [1.29, 1.82) is 0 Å². The molecule has 4 nitrogen and oxygen atoms in total. The van der Waals surface area contributed by atoms with Gasteiger partial charge in [0.25, 0.3) is 0 Å². The van der Waals surface area contributed by atoms with Crippen molar-refractivity contribution in [2.75, 3.05) is 0 Å². The van der Waals surface area contributed by atoms with E-state index in [9.17, 15) is 9.59 Å². The maximum atomic E-state index is 11.9. The van der Waals surface area contributed by atoms with Crippen molar-refractivity contribution >= 4 is 11.6 Å². The van der Waals surface area contributed by atoms with Gasteiger partial charge in [-0.05, 0) is 51.7 Å². The third kappa shape index (κ3) is 6.08. The normalized spacial score (nSPS) is 12.3. The Hall–Kier alpha value is -1.52. The lowest BCUT2D eigenvalue weighted by atomic mass is 9.93. The molecule has 0 radical (unpaired) electrons. The van der Waals surface area contributed by atoms with Gasteiger partial charge in [-0.15, -0.1) is 0 Å². The number of hydrogen-bond acceptors (Lipinski definition) is 4. The van der Waals surface area contributed by atoms with E-state index in [0.717, 1.165) is 11.1 Å². The third-order valence-electron chi connectivity index (χ3n) is 3.71. The first-order valence-corrected chi connectivity index (χ1v) is 7.72. The Morgan fingerprint density at radius 2 is 1.23 bits per heavy atom. The summed E-state index contributed by atoms with van der Waals surface area (Å²) in [6.07, 6.45) is 2.21. The Kier molecular flexibility index (Phi) is 6.03. The zero-order valence-electron chi connectivity index (χ0n) is 14.1. The van der Waals surface area contributed by atoms with Gasteiger partial charge in [0.15, 0.2) is 11.6 Å². The van der Waals surface area contributed by atoms with E-state index in [0.29, 0.717) is 25.7 Å². The molecule has 0 fully saturated rings. The fourth-order valence-corrected chi connectivity index (χ4v) is 2.10. The molecule has 1 aromatic rings. The molecule has 0 heterocycles. The SMILES string of the molecule is CC(C)(N)C(=O)CCc1cccc(CCC(=O)C(C)(C)N)c1. The van der Waals surface area contributed by atoms with E-state index in [1.807, 2.05) is 24.3 Å². The Bertz CT molecular complexity index is 492. The molecule has 1 aromatic carbocycles. The molecule has 0 spiro atoms. The molecule has 4 N–H and O–H groups in total. The second kappa shape index (κ2) is 7.16. The highest BCUT2D eigenvalue weighted by atomic mass is 16.1. The van der Waals surface area contributed by atoms with Crippen molar-refractivity contribution in [1.82, 2.24) is 0 Å². The molecule has 1 rings (SSSR count). The zero-order valence-corrected chi connectivity index (χ0v) is 14.1. The predicted octanol–water partition coefficient (Wildman–Crippen LogP) is 2.16. The van der Waals surface area contributed by atoms with Gasteiger partial charge in [-0.25, -0.2) is 0 Å². The highest BCUT2D eigenvalue weighted by Gasteiger charge is 2.22. The minimum absolute atomic E-state index is 0.0537. The highest BCUT2D eigenvalue weighted by Crippen LogP contribution is 2.13. The van der Waals surface area contributed by atoms with E-state index >= 15 is 0 Å². The number of nitrogens with two attached hydrogens (primary N) is 2. The second-order valence-electron chi connectivity index (χ2n) is 7.11. The van der Waals surface area contributed by atoms with Crippen LogP contribution in [-0.2, 0) is 22.4 Å². The molecule has 0 amide bonds. The Morgan fingerprint density at radius 1 is 0.864 bits per heavy atom. The molecule has 0 saturated carbocycles. The molecule has 0 saturated heterocycles. The molecule has 0 aliphatic heterocycles. The predicted molar refractivity (Wildman–Crippen MR) is 89.6 cm³/mol. The average Bonchev–Trinajstić information content (AvgIpc) is 2.40. The fraction of sp³-hybridized carbons (Fsp3) is 0.556. The summed E-state index contributed by atoms with van der Waals surface area (Å²) in [7, 11) is 0. The van der Waals surface area contributed by atoms with Crippen LogP contribution in [0.2, 0.25) is 0 Å². The molecule has 22 heavy (non-hydrogen) atoms. The van der Waals surface area contributed by atoms with Gasteiger partial charge in [0, 0.05) is 12.8 Å². The topological polar surface area (TPSA) is 86.2 Å². The quantitative estimate of drug-likeness (QED) is 0.770. The number of Topliss-reactive ketones (excluding diaryl/α,β-unsaturated/α-hetero) is 2. The molecule has 4 heteroatoms. The molecule has 0 unspecified atom stereocenters. The van der Waals surface area contributed by atoms with Crippen molar-refractivity contribution in [3.63, 3.8) is 0 Å². The van der Waals surface area contributed by atoms with Crippen LogP contribution in [0.15, 0.2) is 24.3 Å². The largest absolute Gasteiger partial charge is 0.319 e. The van der Waals surface area contributed by atoms with Gasteiger partial charge >= 0.3 is 0 Å². The summed E-state index contributed by atoms with van der Waals surface area (Å²) in [6.45, 7) is 6.91. The summed E-state index contributed by atoms with van der Waals surface area (Å²) in [5, 5.41) is 0. The van der Waals surface area contributed by atoms with Gasteiger partial charge in [-0.3, -0.25) is 9.59 Å². The first-order chi connectivity index (χ1) is 10.00. The van der Waals surface area contributed by atoms with Gasteiger partial charge in [0.1, 0.15) is 0 Å². The van der Waals surface area contributed by atoms with E-state index in [1.165, 1.54) is 0 Å². The number of rotatable bonds is 8. The third-order valence-corrected chi connectivity index (χ3v) is 3.71. The first-order valence-electron chi connectivity index (χ1n) is 7.72. The molecular formula is C18H28N2O2. The summed E-state index contributed by atoms with van der Waals surface area (Å²) in [4.78, 5) is 23.7. The molecule has 0 bridgehead atoms. The van der Waals surface area contributed by atoms with Gasteiger partial charge in [0.05, 0.1) is 11.1 Å². The van der Waals surface area contributed by atoms with Crippen LogP contribution in [0.5, 0.6) is 0 Å². The van der Waals surface area contributed by atoms with Crippen LogP contribution >= 0.6 is 0 Å². The van der Waals surface area contributed by atoms with E-state index < -0.39 is 11.1 Å². The van der Waals surface area contributed by atoms with Crippen LogP contribution in [-0.4, -0.2) is 22.6 Å². The van der Waals surface area contributed by atoms with Crippen molar-refractivity contribution < 1.29 is 9.59 Å². The van der Waals surface area contributed by atoms with E-state index in [4.69, 9.17) is 11.5 Å². The summed E-state index contributed by atoms with van der Waals surface area (Å²) in [6, 6.07) is 8.00. The van der Waals surface area contributed by atoms with E-state index in [2.05, 4.69) is 0 Å². The van der Waals surface area contributed by atoms with Gasteiger partial charge in [0.2, 0.25) is 0 Å². The Morgan fingerprint density at radius 3 is 1.55 bits per heavy atom. The number of benzene rings is 1. The van der Waals surface area contributed by atoms with Crippen LogP contribution in [0, 0.1) is 0 Å². The number of aryl methyl sites for hydroxylation is 2. The summed E-state index contributed by atoms with van der Waals surface area (Å²) in [5.41, 5.74) is 12.2. The van der Waals surface area contributed by atoms with Crippen molar-refractivity contribution in [2.45, 2.75) is 64.5 Å². The molecule has 0 atom stereocenters. The minimum atomic E-state index is -0.781. The van der Waals surface area contributed by atoms with Gasteiger partial charge < -0.3 is 11.5 Å². The van der Waals surface area contributed by atoms with Crippen LogP contribution < -0.4 is 11.5 Å². The summed E-state index contributed by atoms with van der Waals surface area (Å²) in [5.74, 6) is 0.107. The maximum absolute atomic E-state index is 11.9. The van der Waals surface area contributed by atoms with Crippen molar-refractivity contribution in [3.05, 3.63) is 35.4 Å². The smallest absolute Gasteiger partial charge is 0.152 e. The van der Waals surface area contributed by atoms with Crippen LogP contribution in [0.3, 0.4) is 0 Å². The molecule has 0 aromatic heterocycles. The molecule has 122 valence electrons. The number of hydrogen-bond donors (Lipinski definition) is 2. The number of ketones is 2. The average molecular weight is 304 g/mol. The number of carbonyl (C=O) groups is 2. The van der Waals surface area contributed by atoms with E-state index in [1.54, 1.807) is 27.7 Å². The zero-order chi connectivity index (χ0) is 17.0. The maximum Gasteiger partial charge on any atom is 0.152 e. The van der Waals surface area contributed by atoms with Crippen LogP contribution in [0.25, 0.3) is 0 Å².